The molecule has 0 rings (SSSR count). The molecule has 0 fully saturated rings. The van der Waals surface area contributed by atoms with Gasteiger partial charge in [-0.2, -0.15) is 0 Å². The number of hydrogen-bond donors (Lipinski definition) is 3. The highest BCUT2D eigenvalue weighted by molar-refractivity contribution is 7.47. The van der Waals surface area contributed by atoms with Crippen LogP contribution in [0, 0.1) is 11.8 Å². The Morgan fingerprint density at radius 1 is 0.310 bits per heavy atom. The molecule has 0 saturated heterocycles. The zero-order valence-corrected chi connectivity index (χ0v) is 58.1. The fourth-order valence-corrected chi connectivity index (χ4v) is 11.8. The number of unbranched alkanes of at least 4 members (excludes halogenated alkanes) is 37. The third kappa shape index (κ3) is 62.6. The van der Waals surface area contributed by atoms with Crippen LogP contribution in [-0.2, 0) is 65.4 Å². The first-order valence-electron chi connectivity index (χ1n) is 35.5. The van der Waals surface area contributed by atoms with Gasteiger partial charge in [0, 0.05) is 25.7 Å². The molecule has 0 saturated carbocycles. The molecule has 516 valence electrons. The molecule has 0 aliphatic heterocycles. The van der Waals surface area contributed by atoms with Crippen LogP contribution in [0.2, 0.25) is 0 Å². The summed E-state index contributed by atoms with van der Waals surface area (Å²) in [6.07, 6.45) is 44.7. The quantitative estimate of drug-likeness (QED) is 0.0222. The van der Waals surface area contributed by atoms with E-state index in [-0.39, 0.29) is 25.7 Å². The van der Waals surface area contributed by atoms with Crippen molar-refractivity contribution in [1.82, 2.24) is 0 Å². The number of phosphoric acid groups is 2. The zero-order chi connectivity index (χ0) is 64.3. The predicted molar refractivity (Wildman–Crippen MR) is 349 cm³/mol. The van der Waals surface area contributed by atoms with Crippen LogP contribution in [0.1, 0.15) is 343 Å². The van der Waals surface area contributed by atoms with Crippen molar-refractivity contribution in [2.24, 2.45) is 11.8 Å². The van der Waals surface area contributed by atoms with E-state index in [1.807, 2.05) is 0 Å². The number of hydrogen-bond acceptors (Lipinski definition) is 15. The first-order valence-corrected chi connectivity index (χ1v) is 38.5. The summed E-state index contributed by atoms with van der Waals surface area (Å²) in [6, 6.07) is 0. The molecule has 87 heavy (non-hydrogen) atoms. The maximum atomic E-state index is 13.0. The fraction of sp³-hybridized carbons (Fsp3) is 0.941. The lowest BCUT2D eigenvalue weighted by Gasteiger charge is -2.21. The monoisotopic (exact) mass is 1280 g/mol. The van der Waals surface area contributed by atoms with Gasteiger partial charge in [0.2, 0.25) is 0 Å². The number of phosphoric ester groups is 2. The molecule has 0 amide bonds. The van der Waals surface area contributed by atoms with Gasteiger partial charge in [0.05, 0.1) is 26.4 Å². The fourth-order valence-electron chi connectivity index (χ4n) is 10.2. The average molecular weight is 1280 g/mol. The van der Waals surface area contributed by atoms with Crippen LogP contribution in [-0.4, -0.2) is 96.7 Å². The summed E-state index contributed by atoms with van der Waals surface area (Å²) in [7, 11) is -9.89. The van der Waals surface area contributed by atoms with Gasteiger partial charge in [-0.15, -0.1) is 0 Å². The molecule has 0 heterocycles. The molecule has 2 unspecified atom stereocenters. The standard InChI is InChI=1S/C68H132O17P2/c1-7-9-11-13-15-17-19-20-21-22-23-24-26-28-32-40-46-52-67(72)84-63(56-78-65(70)50-44-38-31-27-25-18-16-14-12-10-8-2)58-82-86(74,75)80-54-62(69)55-81-87(76,77)83-59-64(57-79-66(71)51-45-39-35-34-37-43-49-61(5)6)85-68(73)53-47-41-33-29-30-36-42-48-60(3)4/h60-64,69H,7-59H2,1-6H3,(H,74,75)(H,76,77)/t62-,63-,64-/m1/s1. The molecule has 0 aromatic rings. The van der Waals surface area contributed by atoms with E-state index in [1.54, 1.807) is 0 Å². The van der Waals surface area contributed by atoms with Gasteiger partial charge in [-0.25, -0.2) is 9.13 Å². The van der Waals surface area contributed by atoms with Crippen LogP contribution < -0.4 is 0 Å². The summed E-state index contributed by atoms with van der Waals surface area (Å²) in [5, 5.41) is 10.6. The highest BCUT2D eigenvalue weighted by Crippen LogP contribution is 2.45. The van der Waals surface area contributed by atoms with E-state index < -0.39 is 97.5 Å². The van der Waals surface area contributed by atoms with Crippen molar-refractivity contribution in [3.63, 3.8) is 0 Å². The summed E-state index contributed by atoms with van der Waals surface area (Å²) in [5.74, 6) is -0.756. The van der Waals surface area contributed by atoms with Gasteiger partial charge in [-0.1, -0.05) is 292 Å². The Balaban J connectivity index is 5.21. The van der Waals surface area contributed by atoms with Crippen molar-refractivity contribution < 1.29 is 80.2 Å². The summed E-state index contributed by atoms with van der Waals surface area (Å²) >= 11 is 0. The molecular weight excluding hydrogens is 1150 g/mol. The molecule has 0 bridgehead atoms. The van der Waals surface area contributed by atoms with Gasteiger partial charge in [0.1, 0.15) is 19.3 Å². The molecule has 0 radical (unpaired) electrons. The molecular formula is C68H132O17P2. The highest BCUT2D eigenvalue weighted by atomic mass is 31.2. The van der Waals surface area contributed by atoms with Gasteiger partial charge in [-0.05, 0) is 37.5 Å². The number of aliphatic hydroxyl groups is 1. The van der Waals surface area contributed by atoms with E-state index in [2.05, 4.69) is 41.5 Å². The van der Waals surface area contributed by atoms with E-state index in [0.717, 1.165) is 96.3 Å². The number of esters is 4. The number of carbonyl (C=O) groups is 4. The van der Waals surface area contributed by atoms with Crippen molar-refractivity contribution >= 4 is 39.5 Å². The van der Waals surface area contributed by atoms with Crippen LogP contribution in [0.3, 0.4) is 0 Å². The number of rotatable bonds is 67. The van der Waals surface area contributed by atoms with Gasteiger partial charge >= 0.3 is 39.5 Å². The van der Waals surface area contributed by atoms with Crippen LogP contribution in [0.25, 0.3) is 0 Å². The second kappa shape index (κ2) is 60.3. The molecule has 5 atom stereocenters. The molecule has 17 nitrogen and oxygen atoms in total. The Kier molecular flexibility index (Phi) is 59.0. The van der Waals surface area contributed by atoms with Crippen molar-refractivity contribution in [1.29, 1.82) is 0 Å². The normalized spacial score (nSPS) is 14.2. The topological polar surface area (TPSA) is 237 Å². The third-order valence-corrected chi connectivity index (χ3v) is 17.6. The maximum absolute atomic E-state index is 13.0. The van der Waals surface area contributed by atoms with Crippen LogP contribution in [0.15, 0.2) is 0 Å². The Labute approximate surface area is 530 Å². The van der Waals surface area contributed by atoms with Crippen molar-refractivity contribution in [2.75, 3.05) is 39.6 Å². The lowest BCUT2D eigenvalue weighted by Crippen LogP contribution is -2.30. The maximum Gasteiger partial charge on any atom is 0.472 e. The van der Waals surface area contributed by atoms with Gasteiger partial charge in [0.25, 0.3) is 0 Å². The van der Waals surface area contributed by atoms with Crippen LogP contribution in [0.5, 0.6) is 0 Å². The summed E-state index contributed by atoms with van der Waals surface area (Å²) < 4.78 is 68.1. The van der Waals surface area contributed by atoms with E-state index in [0.29, 0.717) is 37.5 Å². The molecule has 19 heteroatoms. The number of ether oxygens (including phenoxy) is 4. The van der Waals surface area contributed by atoms with E-state index in [1.165, 1.54) is 154 Å². The van der Waals surface area contributed by atoms with Gasteiger partial charge in [-0.3, -0.25) is 37.3 Å². The minimum Gasteiger partial charge on any atom is -0.462 e. The van der Waals surface area contributed by atoms with Crippen LogP contribution >= 0.6 is 15.6 Å². The minimum atomic E-state index is -4.95. The third-order valence-electron chi connectivity index (χ3n) is 15.7. The summed E-state index contributed by atoms with van der Waals surface area (Å²) in [5.41, 5.74) is 0. The SMILES string of the molecule is CCCCCCCCCCCCCCCCCCCC(=O)O[C@H](COC(=O)CCCCCCCCCCCCC)COP(=O)(O)OC[C@@H](O)COP(=O)(O)OC[C@@H](COC(=O)CCCCCCCCC(C)C)OC(=O)CCCCCCCCCC(C)C. The number of carbonyl (C=O) groups excluding carboxylic acids is 4. The van der Waals surface area contributed by atoms with E-state index in [4.69, 9.17) is 37.0 Å². The lowest BCUT2D eigenvalue weighted by molar-refractivity contribution is -0.161. The predicted octanol–water partition coefficient (Wildman–Crippen LogP) is 19.2. The molecule has 0 aromatic heterocycles. The van der Waals surface area contributed by atoms with E-state index in [9.17, 15) is 43.2 Å². The first-order chi connectivity index (χ1) is 41.9. The smallest absolute Gasteiger partial charge is 0.462 e. The van der Waals surface area contributed by atoms with Crippen molar-refractivity contribution in [3.05, 3.63) is 0 Å². The van der Waals surface area contributed by atoms with Crippen molar-refractivity contribution in [2.45, 2.75) is 362 Å². The summed E-state index contributed by atoms with van der Waals surface area (Å²) in [6.45, 7) is 9.38. The first kappa shape index (κ1) is 85.1. The van der Waals surface area contributed by atoms with Crippen molar-refractivity contribution in [3.8, 4) is 0 Å². The second-order valence-electron chi connectivity index (χ2n) is 25.5. The highest BCUT2D eigenvalue weighted by Gasteiger charge is 2.30. The zero-order valence-electron chi connectivity index (χ0n) is 56.3. The number of aliphatic hydroxyl groups excluding tert-OH is 1. The average Bonchev–Trinajstić information content (AvgIpc) is 3.70. The molecule has 0 aliphatic carbocycles. The Morgan fingerprint density at radius 2 is 0.529 bits per heavy atom. The van der Waals surface area contributed by atoms with E-state index >= 15 is 0 Å². The summed E-state index contributed by atoms with van der Waals surface area (Å²) in [4.78, 5) is 72.3. The molecule has 3 N–H and O–H groups in total. The molecule has 0 aromatic carbocycles. The molecule has 0 spiro atoms. The van der Waals surface area contributed by atoms with Gasteiger partial charge < -0.3 is 33.8 Å². The largest absolute Gasteiger partial charge is 0.472 e. The Hall–Kier alpha value is -1.94. The Morgan fingerprint density at radius 3 is 0.782 bits per heavy atom. The second-order valence-corrected chi connectivity index (χ2v) is 28.4. The van der Waals surface area contributed by atoms with Crippen LogP contribution in [0.4, 0.5) is 0 Å². The minimum absolute atomic E-state index is 0.102. The molecule has 0 aliphatic rings. The lowest BCUT2D eigenvalue weighted by atomic mass is 10.0. The van der Waals surface area contributed by atoms with Gasteiger partial charge in [0.15, 0.2) is 12.2 Å². The Bertz CT molecular complexity index is 1700.